The minimum absolute atomic E-state index is 0.109. The molecule has 120 valence electrons. The monoisotopic (exact) mass is 369 g/mol. The molecule has 0 saturated heterocycles. The highest BCUT2D eigenvalue weighted by molar-refractivity contribution is 9.10. The van der Waals surface area contributed by atoms with Crippen molar-refractivity contribution in [3.8, 4) is 0 Å². The Morgan fingerprint density at radius 1 is 1.29 bits per heavy atom. The summed E-state index contributed by atoms with van der Waals surface area (Å²) in [6, 6.07) is 3.33. The number of aliphatic hydroxyl groups is 1. The minimum Gasteiger partial charge on any atom is -0.389 e. The summed E-state index contributed by atoms with van der Waals surface area (Å²) in [6.45, 7) is 4.76. The van der Waals surface area contributed by atoms with Crippen molar-refractivity contribution in [3.63, 3.8) is 0 Å². The summed E-state index contributed by atoms with van der Waals surface area (Å²) in [5.41, 5.74) is -0.452. The third kappa shape index (κ3) is 6.67. The normalized spacial score (nSPS) is 13.5. The van der Waals surface area contributed by atoms with Gasteiger partial charge in [-0.1, -0.05) is 13.8 Å². The van der Waals surface area contributed by atoms with E-state index in [0.29, 0.717) is 17.0 Å². The number of hydrogen-bond acceptors (Lipinski definition) is 3. The van der Waals surface area contributed by atoms with Crippen molar-refractivity contribution in [2.24, 2.45) is 5.92 Å². The van der Waals surface area contributed by atoms with Gasteiger partial charge in [-0.15, -0.1) is 0 Å². The number of aliphatic hydroxyl groups excluding tert-OH is 1. The summed E-state index contributed by atoms with van der Waals surface area (Å²) in [7, 11) is 0. The number of anilines is 1. The first-order valence-electron chi connectivity index (χ1n) is 6.56. The van der Waals surface area contributed by atoms with Crippen molar-refractivity contribution in [2.45, 2.75) is 26.1 Å². The van der Waals surface area contributed by atoms with Crippen LogP contribution in [0.5, 0.6) is 0 Å². The predicted molar refractivity (Wildman–Crippen MR) is 79.3 cm³/mol. The van der Waals surface area contributed by atoms with Gasteiger partial charge in [0, 0.05) is 23.3 Å². The van der Waals surface area contributed by atoms with Crippen LogP contribution in [0.3, 0.4) is 0 Å². The maximum atomic E-state index is 12.6. The average molecular weight is 370 g/mol. The molecule has 0 bridgehead atoms. The molecule has 1 aromatic carbocycles. The van der Waals surface area contributed by atoms with Gasteiger partial charge in [-0.2, -0.15) is 13.2 Å². The van der Waals surface area contributed by atoms with E-state index in [2.05, 4.69) is 21.2 Å². The van der Waals surface area contributed by atoms with Crippen LogP contribution in [0, 0.1) is 5.92 Å². The summed E-state index contributed by atoms with van der Waals surface area (Å²) in [5.74, 6) is 0.364. The van der Waals surface area contributed by atoms with Gasteiger partial charge in [0.2, 0.25) is 0 Å². The van der Waals surface area contributed by atoms with E-state index in [1.807, 2.05) is 13.8 Å². The molecule has 0 spiro atoms. The Hall–Kier alpha value is -0.790. The molecule has 2 N–H and O–H groups in total. The van der Waals surface area contributed by atoms with Gasteiger partial charge in [0.15, 0.2) is 0 Å². The van der Waals surface area contributed by atoms with Crippen LogP contribution in [-0.4, -0.2) is 31.0 Å². The SMILES string of the molecule is CC(C)COCC(O)CNc1cc(C(F)(F)F)ccc1Br. The Morgan fingerprint density at radius 2 is 1.95 bits per heavy atom. The number of rotatable bonds is 7. The molecule has 1 rings (SSSR count). The molecule has 1 unspecified atom stereocenters. The lowest BCUT2D eigenvalue weighted by Gasteiger charge is -2.16. The standard InChI is InChI=1S/C14H19BrF3NO2/c1-9(2)7-21-8-11(20)6-19-13-5-10(14(16,17)18)3-4-12(13)15/h3-5,9,11,19-20H,6-8H2,1-2H3. The lowest BCUT2D eigenvalue weighted by atomic mass is 10.2. The fourth-order valence-corrected chi connectivity index (χ4v) is 1.95. The van der Waals surface area contributed by atoms with E-state index >= 15 is 0 Å². The zero-order chi connectivity index (χ0) is 16.0. The second-order valence-electron chi connectivity index (χ2n) is 5.16. The van der Waals surface area contributed by atoms with Gasteiger partial charge in [-0.05, 0) is 40.0 Å². The molecule has 0 aliphatic heterocycles. The van der Waals surface area contributed by atoms with Gasteiger partial charge in [0.1, 0.15) is 0 Å². The largest absolute Gasteiger partial charge is 0.416 e. The van der Waals surface area contributed by atoms with E-state index in [-0.39, 0.29) is 18.8 Å². The Morgan fingerprint density at radius 3 is 2.52 bits per heavy atom. The van der Waals surface area contributed by atoms with E-state index in [9.17, 15) is 18.3 Å². The third-order valence-electron chi connectivity index (χ3n) is 2.58. The molecule has 0 aliphatic rings. The van der Waals surface area contributed by atoms with Crippen molar-refractivity contribution < 1.29 is 23.0 Å². The molecule has 7 heteroatoms. The summed E-state index contributed by atoms with van der Waals surface area (Å²) in [6.07, 6.45) is -5.18. The molecular weight excluding hydrogens is 351 g/mol. The van der Waals surface area contributed by atoms with Crippen LogP contribution in [-0.2, 0) is 10.9 Å². The first-order valence-corrected chi connectivity index (χ1v) is 7.36. The highest BCUT2D eigenvalue weighted by Crippen LogP contribution is 2.33. The number of alkyl halides is 3. The van der Waals surface area contributed by atoms with Gasteiger partial charge in [-0.25, -0.2) is 0 Å². The fourth-order valence-electron chi connectivity index (χ4n) is 1.56. The quantitative estimate of drug-likeness (QED) is 0.765. The van der Waals surface area contributed by atoms with Gasteiger partial charge in [-0.3, -0.25) is 0 Å². The zero-order valence-electron chi connectivity index (χ0n) is 11.9. The van der Waals surface area contributed by atoms with Crippen molar-refractivity contribution in [1.82, 2.24) is 0 Å². The Bertz CT molecular complexity index is 452. The Kier molecular flexibility index (Phi) is 6.96. The smallest absolute Gasteiger partial charge is 0.389 e. The van der Waals surface area contributed by atoms with Gasteiger partial charge in [0.25, 0.3) is 0 Å². The predicted octanol–water partition coefficient (Wildman–Crippen LogP) is 3.91. The Labute approximate surface area is 130 Å². The summed E-state index contributed by atoms with van der Waals surface area (Å²) in [4.78, 5) is 0. The van der Waals surface area contributed by atoms with E-state index in [1.54, 1.807) is 0 Å². The van der Waals surface area contributed by atoms with Crippen molar-refractivity contribution in [3.05, 3.63) is 28.2 Å². The fraction of sp³-hybridized carbons (Fsp3) is 0.571. The van der Waals surface area contributed by atoms with Crippen LogP contribution in [0.4, 0.5) is 18.9 Å². The van der Waals surface area contributed by atoms with Gasteiger partial charge >= 0.3 is 6.18 Å². The maximum absolute atomic E-state index is 12.6. The molecule has 21 heavy (non-hydrogen) atoms. The van der Waals surface area contributed by atoms with Crippen LogP contribution in [0.15, 0.2) is 22.7 Å². The lowest BCUT2D eigenvalue weighted by Crippen LogP contribution is -2.26. The first-order chi connectivity index (χ1) is 9.70. The van der Waals surface area contributed by atoms with Gasteiger partial charge in [0.05, 0.1) is 18.3 Å². The molecule has 1 atom stereocenters. The molecule has 0 radical (unpaired) electrons. The highest BCUT2D eigenvalue weighted by Gasteiger charge is 2.30. The zero-order valence-corrected chi connectivity index (χ0v) is 13.5. The van der Waals surface area contributed by atoms with Crippen LogP contribution in [0.2, 0.25) is 0 Å². The topological polar surface area (TPSA) is 41.5 Å². The van der Waals surface area contributed by atoms with Crippen LogP contribution in [0.25, 0.3) is 0 Å². The second kappa shape index (κ2) is 8.00. The number of ether oxygens (including phenoxy) is 1. The van der Waals surface area contributed by atoms with Crippen LogP contribution >= 0.6 is 15.9 Å². The average Bonchev–Trinajstić information content (AvgIpc) is 2.36. The van der Waals surface area contributed by atoms with E-state index in [0.717, 1.165) is 12.1 Å². The van der Waals surface area contributed by atoms with E-state index in [1.165, 1.54) is 6.07 Å². The van der Waals surface area contributed by atoms with Gasteiger partial charge < -0.3 is 15.2 Å². The molecule has 0 saturated carbocycles. The first kappa shape index (κ1) is 18.3. The number of benzene rings is 1. The number of nitrogens with one attached hydrogen (secondary N) is 1. The van der Waals surface area contributed by atoms with E-state index < -0.39 is 17.8 Å². The third-order valence-corrected chi connectivity index (χ3v) is 3.27. The van der Waals surface area contributed by atoms with Crippen molar-refractivity contribution >= 4 is 21.6 Å². The number of hydrogen-bond donors (Lipinski definition) is 2. The minimum atomic E-state index is -4.39. The second-order valence-corrected chi connectivity index (χ2v) is 6.01. The van der Waals surface area contributed by atoms with Crippen LogP contribution < -0.4 is 5.32 Å². The molecule has 0 fully saturated rings. The maximum Gasteiger partial charge on any atom is 0.416 e. The molecule has 0 aliphatic carbocycles. The lowest BCUT2D eigenvalue weighted by molar-refractivity contribution is -0.137. The molecule has 0 aromatic heterocycles. The molecule has 3 nitrogen and oxygen atoms in total. The summed E-state index contributed by atoms with van der Waals surface area (Å²) >= 11 is 3.18. The Balaban J connectivity index is 2.54. The molecule has 0 amide bonds. The highest BCUT2D eigenvalue weighted by atomic mass is 79.9. The molecular formula is C14H19BrF3NO2. The number of halogens is 4. The van der Waals surface area contributed by atoms with Crippen LogP contribution in [0.1, 0.15) is 19.4 Å². The molecule has 1 aromatic rings. The molecule has 0 heterocycles. The van der Waals surface area contributed by atoms with Crippen molar-refractivity contribution in [1.29, 1.82) is 0 Å². The summed E-state index contributed by atoms with van der Waals surface area (Å²) in [5, 5.41) is 12.5. The van der Waals surface area contributed by atoms with E-state index in [4.69, 9.17) is 4.74 Å². The summed E-state index contributed by atoms with van der Waals surface area (Å²) < 4.78 is 43.7. The van der Waals surface area contributed by atoms with Crippen molar-refractivity contribution in [2.75, 3.05) is 25.1 Å².